The fourth-order valence-corrected chi connectivity index (χ4v) is 4.50. The van der Waals surface area contributed by atoms with Gasteiger partial charge >= 0.3 is 0 Å². The summed E-state index contributed by atoms with van der Waals surface area (Å²) in [6.45, 7) is 1.50. The Morgan fingerprint density at radius 3 is 2.71 bits per heavy atom. The fourth-order valence-electron chi connectivity index (χ4n) is 4.26. The fraction of sp³-hybridized carbons (Fsp3) is 0.409. The largest absolute Gasteiger partial charge is 0.497 e. The number of halogens is 1. The van der Waals surface area contributed by atoms with Gasteiger partial charge in [-0.1, -0.05) is 29.8 Å². The van der Waals surface area contributed by atoms with E-state index in [0.29, 0.717) is 18.0 Å². The van der Waals surface area contributed by atoms with Gasteiger partial charge in [-0.3, -0.25) is 4.79 Å². The quantitative estimate of drug-likeness (QED) is 0.827. The van der Waals surface area contributed by atoms with Crippen molar-refractivity contribution in [1.29, 1.82) is 0 Å². The third-order valence-corrected chi connectivity index (χ3v) is 6.17. The van der Waals surface area contributed by atoms with Crippen LogP contribution in [0, 0.1) is 0 Å². The second-order valence-electron chi connectivity index (χ2n) is 7.51. The number of hydrogen-bond donors (Lipinski definition) is 2. The number of hydrogen-bond acceptors (Lipinski definition) is 4. The molecular formula is C22H25ClN2O3. The number of aliphatic hydroxyl groups excluding tert-OH is 1. The molecule has 3 atom stereocenters. The maximum Gasteiger partial charge on any atom is 0.256 e. The Bertz CT molecular complexity index is 849. The first-order chi connectivity index (χ1) is 13.6. The predicted octanol–water partition coefficient (Wildman–Crippen LogP) is 3.13. The number of carbonyl (C=O) groups is 1. The zero-order valence-electron chi connectivity index (χ0n) is 15.9. The number of methoxy groups -OCH3 is 1. The van der Waals surface area contributed by atoms with Gasteiger partial charge in [-0.25, -0.2) is 0 Å². The van der Waals surface area contributed by atoms with E-state index in [2.05, 4.69) is 5.32 Å². The van der Waals surface area contributed by atoms with Crippen molar-refractivity contribution >= 4 is 23.2 Å². The molecular weight excluding hydrogens is 376 g/mol. The van der Waals surface area contributed by atoms with E-state index in [-0.39, 0.29) is 17.9 Å². The molecule has 0 spiro atoms. The van der Waals surface area contributed by atoms with Crippen molar-refractivity contribution in [3.05, 3.63) is 58.6 Å². The summed E-state index contributed by atoms with van der Waals surface area (Å²) in [5.41, 5.74) is 2.61. The number of rotatable bonds is 4. The lowest BCUT2D eigenvalue weighted by atomic mass is 9.87. The Morgan fingerprint density at radius 2 is 2.04 bits per heavy atom. The van der Waals surface area contributed by atoms with Crippen LogP contribution in [-0.4, -0.2) is 43.4 Å². The molecule has 4 rings (SSSR count). The van der Waals surface area contributed by atoms with E-state index < -0.39 is 6.10 Å². The van der Waals surface area contributed by atoms with Crippen LogP contribution in [0.25, 0.3) is 0 Å². The molecule has 0 saturated carbocycles. The highest BCUT2D eigenvalue weighted by molar-refractivity contribution is 6.32. The van der Waals surface area contributed by atoms with Gasteiger partial charge in [-0.2, -0.15) is 0 Å². The van der Waals surface area contributed by atoms with Gasteiger partial charge in [0, 0.05) is 29.2 Å². The molecule has 1 fully saturated rings. The predicted molar refractivity (Wildman–Crippen MR) is 110 cm³/mol. The maximum atomic E-state index is 13.3. The van der Waals surface area contributed by atoms with Gasteiger partial charge in [0.2, 0.25) is 0 Å². The number of amides is 1. The van der Waals surface area contributed by atoms with Crippen molar-refractivity contribution in [2.75, 3.05) is 25.1 Å². The first kappa shape index (κ1) is 19.2. The molecule has 2 aromatic carbocycles. The monoisotopic (exact) mass is 400 g/mol. The van der Waals surface area contributed by atoms with E-state index in [1.807, 2.05) is 42.5 Å². The van der Waals surface area contributed by atoms with Crippen molar-refractivity contribution in [3.63, 3.8) is 0 Å². The molecule has 1 amide bonds. The molecule has 0 aromatic heterocycles. The average Bonchev–Trinajstić information content (AvgIpc) is 3.20. The number of carbonyl (C=O) groups excluding carboxylic acids is 1. The van der Waals surface area contributed by atoms with Gasteiger partial charge in [0.15, 0.2) is 0 Å². The topological polar surface area (TPSA) is 61.8 Å². The van der Waals surface area contributed by atoms with Crippen LogP contribution in [-0.2, 0) is 11.2 Å². The summed E-state index contributed by atoms with van der Waals surface area (Å²) >= 11 is 6.54. The lowest BCUT2D eigenvalue weighted by Gasteiger charge is -2.28. The maximum absolute atomic E-state index is 13.3. The van der Waals surface area contributed by atoms with E-state index in [1.54, 1.807) is 12.0 Å². The first-order valence-corrected chi connectivity index (χ1v) is 10.1. The Hall–Kier alpha value is -2.08. The normalized spacial score (nSPS) is 24.8. The summed E-state index contributed by atoms with van der Waals surface area (Å²) in [4.78, 5) is 15.0. The Morgan fingerprint density at radius 1 is 1.25 bits per heavy atom. The van der Waals surface area contributed by atoms with Crippen molar-refractivity contribution < 1.29 is 14.6 Å². The molecule has 6 heteroatoms. The molecule has 2 aliphatic rings. The SMILES string of the molecule is COc1ccc([C@@H]2Cc3c(Cl)cccc3N(C[C@@H]3CCCN3)C(=O)[C@@H]2O)cc1. The summed E-state index contributed by atoms with van der Waals surface area (Å²) in [5, 5.41) is 15.1. The van der Waals surface area contributed by atoms with Gasteiger partial charge in [0.25, 0.3) is 5.91 Å². The van der Waals surface area contributed by atoms with Crippen LogP contribution in [0.15, 0.2) is 42.5 Å². The van der Waals surface area contributed by atoms with Crippen LogP contribution < -0.4 is 15.0 Å². The number of nitrogens with one attached hydrogen (secondary N) is 1. The van der Waals surface area contributed by atoms with Crippen LogP contribution in [0.4, 0.5) is 5.69 Å². The van der Waals surface area contributed by atoms with Crippen LogP contribution in [0.2, 0.25) is 5.02 Å². The highest BCUT2D eigenvalue weighted by Gasteiger charge is 2.38. The molecule has 2 N–H and O–H groups in total. The Balaban J connectivity index is 1.73. The highest BCUT2D eigenvalue weighted by atomic mass is 35.5. The second kappa shape index (κ2) is 8.11. The van der Waals surface area contributed by atoms with E-state index in [4.69, 9.17) is 16.3 Å². The molecule has 0 unspecified atom stereocenters. The molecule has 2 aromatic rings. The van der Waals surface area contributed by atoms with Crippen molar-refractivity contribution in [2.24, 2.45) is 0 Å². The number of ether oxygens (including phenoxy) is 1. The minimum atomic E-state index is -1.13. The molecule has 0 radical (unpaired) electrons. The third-order valence-electron chi connectivity index (χ3n) is 5.82. The Labute approximate surface area is 170 Å². The molecule has 1 saturated heterocycles. The van der Waals surface area contributed by atoms with Gasteiger partial charge in [0.1, 0.15) is 11.9 Å². The average molecular weight is 401 g/mol. The number of anilines is 1. The molecule has 2 heterocycles. The summed E-state index contributed by atoms with van der Waals surface area (Å²) in [7, 11) is 1.62. The van der Waals surface area contributed by atoms with Crippen LogP contribution in [0.3, 0.4) is 0 Å². The number of aliphatic hydroxyl groups is 1. The molecule has 148 valence electrons. The van der Waals surface area contributed by atoms with E-state index in [0.717, 1.165) is 42.0 Å². The molecule has 28 heavy (non-hydrogen) atoms. The molecule has 5 nitrogen and oxygen atoms in total. The van der Waals surface area contributed by atoms with Gasteiger partial charge < -0.3 is 20.1 Å². The molecule has 2 aliphatic heterocycles. The van der Waals surface area contributed by atoms with Gasteiger partial charge in [-0.15, -0.1) is 0 Å². The van der Waals surface area contributed by atoms with Gasteiger partial charge in [-0.05, 0) is 61.2 Å². The number of benzene rings is 2. The molecule has 0 bridgehead atoms. The lowest BCUT2D eigenvalue weighted by Crippen LogP contribution is -2.46. The molecule has 0 aliphatic carbocycles. The van der Waals surface area contributed by atoms with Gasteiger partial charge in [0.05, 0.1) is 7.11 Å². The number of fused-ring (bicyclic) bond motifs is 1. The summed E-state index contributed by atoms with van der Waals surface area (Å²) in [6.07, 6.45) is 1.50. The zero-order chi connectivity index (χ0) is 19.7. The second-order valence-corrected chi connectivity index (χ2v) is 7.92. The van der Waals surface area contributed by atoms with Crippen LogP contribution in [0.5, 0.6) is 5.75 Å². The van der Waals surface area contributed by atoms with Crippen molar-refractivity contribution in [1.82, 2.24) is 5.32 Å². The van der Waals surface area contributed by atoms with Crippen molar-refractivity contribution in [2.45, 2.75) is 37.3 Å². The summed E-state index contributed by atoms with van der Waals surface area (Å²) in [5.74, 6) is 0.111. The van der Waals surface area contributed by atoms with Crippen LogP contribution in [0.1, 0.15) is 29.9 Å². The van der Waals surface area contributed by atoms with E-state index in [1.165, 1.54) is 0 Å². The minimum Gasteiger partial charge on any atom is -0.497 e. The minimum absolute atomic E-state index is 0.237. The smallest absolute Gasteiger partial charge is 0.256 e. The van der Waals surface area contributed by atoms with E-state index >= 15 is 0 Å². The van der Waals surface area contributed by atoms with Crippen LogP contribution >= 0.6 is 11.6 Å². The van der Waals surface area contributed by atoms with E-state index in [9.17, 15) is 9.90 Å². The Kier molecular flexibility index (Phi) is 5.58. The summed E-state index contributed by atoms with van der Waals surface area (Å²) in [6, 6.07) is 13.4. The number of nitrogens with zero attached hydrogens (tertiary/aromatic N) is 1. The first-order valence-electron chi connectivity index (χ1n) is 9.72. The highest BCUT2D eigenvalue weighted by Crippen LogP contribution is 2.39. The zero-order valence-corrected chi connectivity index (χ0v) is 16.7. The summed E-state index contributed by atoms with van der Waals surface area (Å²) < 4.78 is 5.23. The third kappa shape index (κ3) is 3.62. The standard InChI is InChI=1S/C22H25ClN2O3/c1-28-16-9-7-14(8-10-16)17-12-18-19(23)5-2-6-20(18)25(22(27)21(17)26)13-15-4-3-11-24-15/h2,5-10,15,17,21,24,26H,3-4,11-13H2,1H3/t15-,17-,21+/m0/s1. The lowest BCUT2D eigenvalue weighted by molar-refractivity contribution is -0.127. The van der Waals surface area contributed by atoms with Crippen molar-refractivity contribution in [3.8, 4) is 5.75 Å².